The lowest BCUT2D eigenvalue weighted by Crippen LogP contribution is -2.39. The topological polar surface area (TPSA) is 76.5 Å². The van der Waals surface area contributed by atoms with Crippen molar-refractivity contribution in [2.45, 2.75) is 33.2 Å². The summed E-state index contributed by atoms with van der Waals surface area (Å²) < 4.78 is 6.87. The number of benzene rings is 1. The van der Waals surface area contributed by atoms with Gasteiger partial charge in [0.05, 0.1) is 23.0 Å². The van der Waals surface area contributed by atoms with Crippen LogP contribution in [-0.2, 0) is 6.42 Å². The van der Waals surface area contributed by atoms with Gasteiger partial charge in [0.2, 0.25) is 0 Å². The predicted molar refractivity (Wildman–Crippen MR) is 113 cm³/mol. The Morgan fingerprint density at radius 3 is 2.87 bits per heavy atom. The Kier molecular flexibility index (Phi) is 4.36. The van der Waals surface area contributed by atoms with Gasteiger partial charge in [-0.1, -0.05) is 28.9 Å². The van der Waals surface area contributed by atoms with Gasteiger partial charge < -0.3 is 9.42 Å². The van der Waals surface area contributed by atoms with Crippen LogP contribution in [0.25, 0.3) is 16.8 Å². The van der Waals surface area contributed by atoms with Crippen molar-refractivity contribution in [2.75, 3.05) is 6.54 Å². The van der Waals surface area contributed by atoms with Crippen LogP contribution in [0, 0.1) is 13.8 Å². The molecule has 5 rings (SSSR count). The number of nitrogens with zero attached hydrogens (tertiary/aromatic N) is 5. The van der Waals surface area contributed by atoms with Gasteiger partial charge in [-0.3, -0.25) is 4.79 Å². The number of hydrogen-bond acceptors (Lipinski definition) is 5. The first-order valence-corrected chi connectivity index (χ1v) is 10.2. The Morgan fingerprint density at radius 1 is 1.27 bits per heavy atom. The number of carbonyl (C=O) groups excluding carboxylic acids is 1. The van der Waals surface area contributed by atoms with Gasteiger partial charge in [0.25, 0.3) is 5.91 Å². The van der Waals surface area contributed by atoms with E-state index in [0.29, 0.717) is 22.9 Å². The van der Waals surface area contributed by atoms with Gasteiger partial charge >= 0.3 is 0 Å². The first-order valence-electron chi connectivity index (χ1n) is 9.80. The van der Waals surface area contributed by atoms with Gasteiger partial charge in [-0.05, 0) is 49.9 Å². The third kappa shape index (κ3) is 2.97. The van der Waals surface area contributed by atoms with Gasteiger partial charge in [-0.15, -0.1) is 0 Å². The summed E-state index contributed by atoms with van der Waals surface area (Å²) >= 11 is 5.99. The first-order chi connectivity index (χ1) is 14.4. The fraction of sp³-hybridized carbons (Fsp3) is 0.273. The van der Waals surface area contributed by atoms with Crippen LogP contribution in [0.5, 0.6) is 0 Å². The smallest absolute Gasteiger partial charge is 0.274 e. The average Bonchev–Trinajstić information content (AvgIpc) is 3.30. The van der Waals surface area contributed by atoms with E-state index in [1.54, 1.807) is 18.5 Å². The first kappa shape index (κ1) is 18.8. The van der Waals surface area contributed by atoms with E-state index in [2.05, 4.69) is 40.4 Å². The number of carbonyl (C=O) groups is 1. The molecule has 1 amide bonds. The highest BCUT2D eigenvalue weighted by Crippen LogP contribution is 2.35. The molecule has 0 saturated carbocycles. The lowest BCUT2D eigenvalue weighted by atomic mass is 9.89. The van der Waals surface area contributed by atoms with Crippen LogP contribution in [0.4, 0.5) is 0 Å². The maximum atomic E-state index is 13.3. The Morgan fingerprint density at radius 2 is 2.10 bits per heavy atom. The van der Waals surface area contributed by atoms with E-state index in [9.17, 15) is 4.79 Å². The number of aromatic nitrogens is 4. The number of rotatable bonds is 2. The van der Waals surface area contributed by atoms with E-state index in [0.717, 1.165) is 34.6 Å². The summed E-state index contributed by atoms with van der Waals surface area (Å²) in [5, 5.41) is 8.92. The molecule has 4 heterocycles. The van der Waals surface area contributed by atoms with Crippen molar-refractivity contribution >= 4 is 23.2 Å². The summed E-state index contributed by atoms with van der Waals surface area (Å²) in [4.78, 5) is 19.3. The third-order valence-corrected chi connectivity index (χ3v) is 5.96. The quantitative estimate of drug-likeness (QED) is 0.479. The highest BCUT2D eigenvalue weighted by Gasteiger charge is 2.30. The Labute approximate surface area is 178 Å². The Balaban J connectivity index is 1.49. The molecule has 0 radical (unpaired) electrons. The van der Waals surface area contributed by atoms with Crippen molar-refractivity contribution in [2.24, 2.45) is 0 Å². The Bertz CT molecular complexity index is 1270. The second kappa shape index (κ2) is 6.95. The minimum atomic E-state index is -0.113. The van der Waals surface area contributed by atoms with Crippen molar-refractivity contribution in [1.82, 2.24) is 24.7 Å². The van der Waals surface area contributed by atoms with Gasteiger partial charge in [-0.25, -0.2) is 9.50 Å². The summed E-state index contributed by atoms with van der Waals surface area (Å²) in [6.45, 7) is 6.55. The Hall–Kier alpha value is -3.19. The highest BCUT2D eigenvalue weighted by molar-refractivity contribution is 6.30. The standard InChI is InChI=1S/C22H20ClN5O2/c1-12-21(14(3)30-26-12)16-5-4-15-6-7-27(13(2)18(15)8-16)22(29)19-9-20-24-10-17(23)11-28(20)25-19/h4-5,8-11,13H,6-7H2,1-3H3. The summed E-state index contributed by atoms with van der Waals surface area (Å²) in [7, 11) is 0. The summed E-state index contributed by atoms with van der Waals surface area (Å²) in [5.41, 5.74) is 6.27. The van der Waals surface area contributed by atoms with Crippen molar-refractivity contribution in [3.05, 3.63) is 70.0 Å². The third-order valence-electron chi connectivity index (χ3n) is 5.77. The molecule has 1 unspecified atom stereocenters. The number of amides is 1. The molecule has 0 aliphatic carbocycles. The normalized spacial score (nSPS) is 16.1. The van der Waals surface area contributed by atoms with Crippen molar-refractivity contribution < 1.29 is 9.32 Å². The number of halogens is 1. The van der Waals surface area contributed by atoms with Gasteiger partial charge in [0.1, 0.15) is 5.76 Å². The fourth-order valence-electron chi connectivity index (χ4n) is 4.25. The molecular weight excluding hydrogens is 402 g/mol. The minimum Gasteiger partial charge on any atom is -0.361 e. The molecule has 0 fully saturated rings. The molecule has 0 saturated heterocycles. The van der Waals surface area contributed by atoms with E-state index in [1.165, 1.54) is 10.1 Å². The molecule has 0 bridgehead atoms. The molecule has 0 N–H and O–H groups in total. The fourth-order valence-corrected chi connectivity index (χ4v) is 4.39. The van der Waals surface area contributed by atoms with Crippen LogP contribution >= 0.6 is 11.6 Å². The largest absolute Gasteiger partial charge is 0.361 e. The second-order valence-electron chi connectivity index (χ2n) is 7.64. The van der Waals surface area contributed by atoms with E-state index < -0.39 is 0 Å². The highest BCUT2D eigenvalue weighted by atomic mass is 35.5. The summed E-state index contributed by atoms with van der Waals surface area (Å²) in [6, 6.07) is 8.01. The molecule has 7 nitrogen and oxygen atoms in total. The number of fused-ring (bicyclic) bond motifs is 2. The SMILES string of the molecule is Cc1noc(C)c1-c1ccc2c(c1)C(C)N(C(=O)c1cc3ncc(Cl)cn3n1)CC2. The van der Waals surface area contributed by atoms with Gasteiger partial charge in [-0.2, -0.15) is 5.10 Å². The van der Waals surface area contributed by atoms with Crippen LogP contribution in [0.1, 0.15) is 46.0 Å². The lowest BCUT2D eigenvalue weighted by Gasteiger charge is -2.35. The summed E-state index contributed by atoms with van der Waals surface area (Å²) in [6.07, 6.45) is 3.99. The van der Waals surface area contributed by atoms with Crippen molar-refractivity contribution in [3.63, 3.8) is 0 Å². The molecule has 30 heavy (non-hydrogen) atoms. The molecule has 4 aromatic rings. The monoisotopic (exact) mass is 421 g/mol. The second-order valence-corrected chi connectivity index (χ2v) is 8.08. The van der Waals surface area contributed by atoms with Crippen molar-refractivity contribution in [3.8, 4) is 11.1 Å². The van der Waals surface area contributed by atoms with Crippen LogP contribution in [0.3, 0.4) is 0 Å². The van der Waals surface area contributed by atoms with E-state index in [1.807, 2.05) is 18.7 Å². The van der Waals surface area contributed by atoms with E-state index in [4.69, 9.17) is 16.1 Å². The maximum absolute atomic E-state index is 13.3. The van der Waals surface area contributed by atoms with Crippen LogP contribution < -0.4 is 0 Å². The molecular formula is C22H20ClN5O2. The minimum absolute atomic E-state index is 0.0805. The molecule has 1 aliphatic heterocycles. The number of hydrogen-bond donors (Lipinski definition) is 0. The molecule has 152 valence electrons. The predicted octanol–water partition coefficient (Wildman–Crippen LogP) is 4.41. The van der Waals surface area contributed by atoms with Crippen LogP contribution in [-0.4, -0.2) is 37.1 Å². The zero-order valence-electron chi connectivity index (χ0n) is 16.9. The van der Waals surface area contributed by atoms with Gasteiger partial charge in [0.15, 0.2) is 11.3 Å². The molecule has 3 aromatic heterocycles. The molecule has 8 heteroatoms. The van der Waals surface area contributed by atoms with E-state index in [-0.39, 0.29) is 11.9 Å². The zero-order chi connectivity index (χ0) is 21.0. The molecule has 1 aromatic carbocycles. The maximum Gasteiger partial charge on any atom is 0.274 e. The lowest BCUT2D eigenvalue weighted by molar-refractivity contribution is 0.0671. The average molecular weight is 422 g/mol. The summed E-state index contributed by atoms with van der Waals surface area (Å²) in [5.74, 6) is 0.678. The zero-order valence-corrected chi connectivity index (χ0v) is 17.6. The van der Waals surface area contributed by atoms with E-state index >= 15 is 0 Å². The number of aryl methyl sites for hydroxylation is 2. The molecule has 0 spiro atoms. The molecule has 1 aliphatic rings. The molecule has 1 atom stereocenters. The van der Waals surface area contributed by atoms with Crippen molar-refractivity contribution in [1.29, 1.82) is 0 Å². The van der Waals surface area contributed by atoms with Gasteiger partial charge in [0, 0.05) is 24.4 Å². The van der Waals surface area contributed by atoms with Crippen LogP contribution in [0.15, 0.2) is 41.2 Å². The van der Waals surface area contributed by atoms with Crippen LogP contribution in [0.2, 0.25) is 5.02 Å².